The van der Waals surface area contributed by atoms with Gasteiger partial charge in [-0.05, 0) is 49.7 Å². The number of hydrogen-bond acceptors (Lipinski definition) is 6. The fourth-order valence-electron chi connectivity index (χ4n) is 5.76. The number of carbonyl (C=O) groups is 2. The quantitative estimate of drug-likeness (QED) is 0.726. The maximum atomic E-state index is 13.3. The zero-order valence-corrected chi connectivity index (χ0v) is 20.0. The molecule has 0 radical (unpaired) electrons. The molecule has 1 aromatic carbocycles. The molecule has 0 bridgehead atoms. The topological polar surface area (TPSA) is 98.6 Å². The first-order chi connectivity index (χ1) is 16.5. The van der Waals surface area contributed by atoms with Gasteiger partial charge in [0, 0.05) is 38.2 Å². The number of rotatable bonds is 5. The van der Waals surface area contributed by atoms with Crippen LogP contribution in [0.1, 0.15) is 71.7 Å². The Hall–Kier alpha value is -3.10. The molecule has 9 heteroatoms. The van der Waals surface area contributed by atoms with E-state index in [0.717, 1.165) is 44.3 Å². The lowest BCUT2D eigenvalue weighted by Gasteiger charge is -2.27. The first-order valence-electron chi connectivity index (χ1n) is 12.3. The van der Waals surface area contributed by atoms with Crippen LogP contribution in [0.3, 0.4) is 0 Å². The first kappa shape index (κ1) is 22.7. The van der Waals surface area contributed by atoms with Gasteiger partial charge in [-0.25, -0.2) is 0 Å². The summed E-state index contributed by atoms with van der Waals surface area (Å²) in [6.45, 7) is 2.11. The molecule has 9 nitrogen and oxygen atoms in total. The van der Waals surface area contributed by atoms with Gasteiger partial charge in [-0.1, -0.05) is 12.8 Å². The number of benzene rings is 1. The van der Waals surface area contributed by atoms with E-state index in [-0.39, 0.29) is 23.3 Å². The largest absolute Gasteiger partial charge is 0.497 e. The third-order valence-electron chi connectivity index (χ3n) is 7.83. The molecule has 3 heterocycles. The van der Waals surface area contributed by atoms with E-state index in [1.54, 1.807) is 32.4 Å². The van der Waals surface area contributed by atoms with Gasteiger partial charge in [-0.3, -0.25) is 9.59 Å². The molecule has 1 N–H and O–H groups in total. The second-order valence-electron chi connectivity index (χ2n) is 9.84. The zero-order valence-electron chi connectivity index (χ0n) is 20.0. The van der Waals surface area contributed by atoms with Crippen LogP contribution in [0.25, 0.3) is 0 Å². The number of fused-ring (bicyclic) bond motifs is 1. The van der Waals surface area contributed by atoms with Crippen LogP contribution in [0.4, 0.5) is 0 Å². The molecule has 1 aliphatic carbocycles. The van der Waals surface area contributed by atoms with Crippen LogP contribution in [0.15, 0.2) is 18.2 Å². The molecular formula is C25H33N5O4. The van der Waals surface area contributed by atoms with Crippen molar-refractivity contribution in [1.29, 1.82) is 0 Å². The first-order valence-corrected chi connectivity index (χ1v) is 12.3. The normalized spacial score (nSPS) is 22.5. The highest BCUT2D eigenvalue weighted by Gasteiger charge is 2.42. The van der Waals surface area contributed by atoms with Crippen LogP contribution in [-0.4, -0.2) is 64.8 Å². The molecule has 2 amide bonds. The summed E-state index contributed by atoms with van der Waals surface area (Å²) in [4.78, 5) is 28.1. The predicted octanol–water partition coefficient (Wildman–Crippen LogP) is 2.84. The second kappa shape index (κ2) is 9.27. The van der Waals surface area contributed by atoms with Crippen molar-refractivity contribution >= 4 is 11.8 Å². The van der Waals surface area contributed by atoms with E-state index in [9.17, 15) is 9.59 Å². The van der Waals surface area contributed by atoms with Gasteiger partial charge in [0.2, 0.25) is 5.82 Å². The molecule has 2 aliphatic heterocycles. The van der Waals surface area contributed by atoms with Crippen molar-refractivity contribution < 1.29 is 19.1 Å². The fourth-order valence-corrected chi connectivity index (χ4v) is 5.76. The maximum absolute atomic E-state index is 13.3. The third-order valence-corrected chi connectivity index (χ3v) is 7.83. The second-order valence-corrected chi connectivity index (χ2v) is 9.84. The zero-order chi connectivity index (χ0) is 23.7. The number of hydrogen-bond donors (Lipinski definition) is 1. The van der Waals surface area contributed by atoms with Gasteiger partial charge in [-0.2, -0.15) is 0 Å². The smallest absolute Gasteiger partial charge is 0.289 e. The van der Waals surface area contributed by atoms with E-state index in [1.807, 2.05) is 9.47 Å². The van der Waals surface area contributed by atoms with E-state index >= 15 is 0 Å². The van der Waals surface area contributed by atoms with Crippen molar-refractivity contribution in [1.82, 2.24) is 25.0 Å². The van der Waals surface area contributed by atoms with Gasteiger partial charge in [0.25, 0.3) is 11.8 Å². The highest BCUT2D eigenvalue weighted by atomic mass is 16.5. The van der Waals surface area contributed by atoms with Crippen molar-refractivity contribution in [3.05, 3.63) is 35.4 Å². The highest BCUT2D eigenvalue weighted by molar-refractivity contribution is 5.97. The minimum Gasteiger partial charge on any atom is -0.497 e. The molecule has 1 unspecified atom stereocenters. The van der Waals surface area contributed by atoms with Crippen LogP contribution in [0.2, 0.25) is 0 Å². The average Bonchev–Trinajstić information content (AvgIpc) is 3.59. The molecule has 34 heavy (non-hydrogen) atoms. The molecule has 1 saturated heterocycles. The predicted molar refractivity (Wildman–Crippen MR) is 125 cm³/mol. The number of ether oxygens (including phenoxy) is 2. The molecule has 1 atom stereocenters. The van der Waals surface area contributed by atoms with Gasteiger partial charge in [0.15, 0.2) is 0 Å². The van der Waals surface area contributed by atoms with Crippen LogP contribution in [0.5, 0.6) is 11.5 Å². The Morgan fingerprint density at radius 1 is 1.06 bits per heavy atom. The van der Waals surface area contributed by atoms with Crippen LogP contribution < -0.4 is 14.8 Å². The monoisotopic (exact) mass is 467 g/mol. The Kier molecular flexibility index (Phi) is 6.18. The summed E-state index contributed by atoms with van der Waals surface area (Å²) in [5.41, 5.74) is 0.576. The molecule has 3 aliphatic rings. The van der Waals surface area contributed by atoms with Crippen molar-refractivity contribution in [2.75, 3.05) is 27.3 Å². The van der Waals surface area contributed by atoms with Crippen LogP contribution in [0, 0.1) is 5.41 Å². The number of likely N-dealkylation sites (tertiary alicyclic amines) is 1. The van der Waals surface area contributed by atoms with E-state index in [1.165, 1.54) is 12.8 Å². The van der Waals surface area contributed by atoms with Crippen LogP contribution >= 0.6 is 0 Å². The molecule has 5 rings (SSSR count). The summed E-state index contributed by atoms with van der Waals surface area (Å²) in [5.74, 6) is 2.34. The lowest BCUT2D eigenvalue weighted by Crippen LogP contribution is -2.35. The minimum absolute atomic E-state index is 0.0170. The number of aryl methyl sites for hydroxylation is 1. The van der Waals surface area contributed by atoms with Gasteiger partial charge in [0.05, 0.1) is 19.8 Å². The summed E-state index contributed by atoms with van der Waals surface area (Å²) in [7, 11) is 3.16. The van der Waals surface area contributed by atoms with E-state index in [0.29, 0.717) is 42.5 Å². The van der Waals surface area contributed by atoms with Crippen molar-refractivity contribution in [3.63, 3.8) is 0 Å². The van der Waals surface area contributed by atoms with Crippen molar-refractivity contribution in [2.45, 2.75) is 64.0 Å². The number of nitrogens with zero attached hydrogens (tertiary/aromatic N) is 4. The maximum Gasteiger partial charge on any atom is 0.289 e. The fraction of sp³-hybridized carbons (Fsp3) is 0.600. The van der Waals surface area contributed by atoms with Gasteiger partial charge >= 0.3 is 0 Å². The lowest BCUT2D eigenvalue weighted by atomic mass is 9.80. The Bertz CT molecular complexity index is 1080. The van der Waals surface area contributed by atoms with Crippen molar-refractivity contribution in [3.8, 4) is 11.5 Å². The standard InChI is InChI=1S/C25H33N5O4/c1-33-18-7-8-19(20(15-18)34-2)24(32)29-13-11-25(16-29)10-9-21-27-28-22(30(21)14-12-25)23(31)26-17-5-3-4-6-17/h7-8,15,17H,3-6,9-14,16H2,1-2H3,(H,26,31). The molecule has 1 aromatic heterocycles. The summed E-state index contributed by atoms with van der Waals surface area (Å²) in [6, 6.07) is 5.56. The number of aromatic nitrogens is 3. The summed E-state index contributed by atoms with van der Waals surface area (Å²) in [6.07, 6.45) is 7.95. The lowest BCUT2D eigenvalue weighted by molar-refractivity contribution is 0.0763. The van der Waals surface area contributed by atoms with E-state index in [4.69, 9.17) is 9.47 Å². The number of nitrogens with one attached hydrogen (secondary N) is 1. The Morgan fingerprint density at radius 2 is 1.85 bits per heavy atom. The molecular weight excluding hydrogens is 434 g/mol. The SMILES string of the molecule is COc1ccc(C(=O)N2CCC3(CCc4nnc(C(=O)NC5CCCC5)n4CC3)C2)c(OC)c1. The van der Waals surface area contributed by atoms with Crippen LogP contribution in [-0.2, 0) is 13.0 Å². The Balaban J connectivity index is 1.27. The molecule has 2 aromatic rings. The highest BCUT2D eigenvalue weighted by Crippen LogP contribution is 2.42. The Labute approximate surface area is 199 Å². The number of amides is 2. The molecule has 182 valence electrons. The summed E-state index contributed by atoms with van der Waals surface area (Å²) in [5, 5.41) is 11.7. The number of carbonyl (C=O) groups excluding carboxylic acids is 2. The van der Waals surface area contributed by atoms with Gasteiger partial charge in [-0.15, -0.1) is 10.2 Å². The molecule has 1 saturated carbocycles. The third kappa shape index (κ3) is 4.23. The van der Waals surface area contributed by atoms with E-state index in [2.05, 4.69) is 15.5 Å². The average molecular weight is 468 g/mol. The molecule has 1 spiro atoms. The van der Waals surface area contributed by atoms with Crippen molar-refractivity contribution in [2.24, 2.45) is 5.41 Å². The van der Waals surface area contributed by atoms with E-state index < -0.39 is 0 Å². The number of methoxy groups -OCH3 is 2. The van der Waals surface area contributed by atoms with Gasteiger partial charge < -0.3 is 24.3 Å². The molecule has 2 fully saturated rings. The minimum atomic E-state index is -0.114. The summed E-state index contributed by atoms with van der Waals surface area (Å²) < 4.78 is 12.7. The summed E-state index contributed by atoms with van der Waals surface area (Å²) >= 11 is 0. The van der Waals surface area contributed by atoms with Gasteiger partial charge in [0.1, 0.15) is 17.3 Å². The Morgan fingerprint density at radius 3 is 2.62 bits per heavy atom.